The van der Waals surface area contributed by atoms with Crippen LogP contribution in [-0.4, -0.2) is 125 Å². The maximum absolute atomic E-state index is 16.3. The molecule has 2 aromatic carbocycles. The fraction of sp³-hybridized carbons (Fsp3) is 0.511. The molecule has 9 rings (SSSR count). The van der Waals surface area contributed by atoms with Gasteiger partial charge < -0.3 is 39.2 Å². The molecule has 0 radical (unpaired) electrons. The Hall–Kier alpha value is -5.69. The van der Waals surface area contributed by atoms with Crippen LogP contribution in [0.3, 0.4) is 0 Å². The third-order valence-corrected chi connectivity index (χ3v) is 14.1. The van der Waals surface area contributed by atoms with E-state index < -0.39 is 23.7 Å². The van der Waals surface area contributed by atoms with Crippen molar-refractivity contribution in [1.82, 2.24) is 35.0 Å². The van der Waals surface area contributed by atoms with E-state index in [0.29, 0.717) is 52.6 Å². The summed E-state index contributed by atoms with van der Waals surface area (Å²) in [7, 11) is 3.17. The lowest BCUT2D eigenvalue weighted by atomic mass is 9.81. The number of anilines is 3. The molecule has 66 heavy (non-hydrogen) atoms. The molecule has 6 heterocycles. The van der Waals surface area contributed by atoms with Crippen molar-refractivity contribution in [2.75, 3.05) is 57.2 Å². The van der Waals surface area contributed by atoms with E-state index in [-0.39, 0.29) is 85.0 Å². The van der Waals surface area contributed by atoms with E-state index in [0.717, 1.165) is 56.2 Å². The van der Waals surface area contributed by atoms with Gasteiger partial charge in [-0.2, -0.15) is 4.98 Å². The van der Waals surface area contributed by atoms with Gasteiger partial charge in [-0.05, 0) is 94.8 Å². The first kappa shape index (κ1) is 45.5. The van der Waals surface area contributed by atoms with Crippen molar-refractivity contribution in [3.63, 3.8) is 0 Å². The van der Waals surface area contributed by atoms with Gasteiger partial charge in [-0.15, -0.1) is 0 Å². The monoisotopic (exact) mass is 927 g/mol. The van der Waals surface area contributed by atoms with Crippen LogP contribution >= 0.6 is 11.6 Å². The summed E-state index contributed by atoms with van der Waals surface area (Å²) in [5, 5.41) is 9.21. The van der Waals surface area contributed by atoms with E-state index in [1.165, 1.54) is 11.9 Å². The number of rotatable bonds is 13. The summed E-state index contributed by atoms with van der Waals surface area (Å²) in [5.41, 5.74) is 2.20. The maximum atomic E-state index is 16.3. The molecule has 2 aromatic heterocycles. The van der Waals surface area contributed by atoms with Crippen LogP contribution in [0, 0.1) is 5.82 Å². The standard InChI is InChI=1S/C47H55ClFN9O8/c1-25(2)58-36-8-5-27(17-26(36)18-38(46(58)63)65-24-41(60)50-3)52-43-35(48)21-51-47(54-43)55-14-11-29(12-15-55)66-30-19-28(20-30)56-16-13-31(39(23-56)64-4)32-6-7-33-34(42(32)49)22-57(45(33)62)37-9-10-40(59)53-44(37)61/h5-8,17-18,21,25,28-31,37,39H,9-16,19-20,22-24H2,1-4H3,(H,50,60)(H,51,52,54)(H,53,59,61)/t28?,30?,31-,37?,39-/m1/s1. The summed E-state index contributed by atoms with van der Waals surface area (Å²) in [6.07, 6.45) is 6.15. The van der Waals surface area contributed by atoms with Crippen LogP contribution in [0.4, 0.5) is 21.8 Å². The van der Waals surface area contributed by atoms with Crippen molar-refractivity contribution in [2.24, 2.45) is 0 Å². The van der Waals surface area contributed by atoms with Crippen molar-refractivity contribution < 1.29 is 37.8 Å². The van der Waals surface area contributed by atoms with Gasteiger partial charge in [0.05, 0.1) is 36.6 Å². The zero-order chi connectivity index (χ0) is 46.4. The smallest absolute Gasteiger partial charge is 0.293 e. The molecule has 0 bridgehead atoms. The predicted molar refractivity (Wildman–Crippen MR) is 244 cm³/mol. The summed E-state index contributed by atoms with van der Waals surface area (Å²) >= 11 is 6.60. The second kappa shape index (κ2) is 18.9. The molecule has 350 valence electrons. The SMILES string of the molecule is CNC(=O)COc1cc2cc(Nc3nc(N4CCC(OC5CC(N6CC[C@H](c7ccc8c(c7F)CN(C7CCC(=O)NC7=O)C8=O)[C@H](OC)C6)C5)CC4)ncc3Cl)ccc2n(C(C)C)c1=O. The Balaban J connectivity index is 0.765. The van der Waals surface area contributed by atoms with Crippen molar-refractivity contribution in [3.8, 4) is 5.75 Å². The molecule has 0 spiro atoms. The first-order chi connectivity index (χ1) is 31.8. The van der Waals surface area contributed by atoms with E-state index in [4.69, 9.17) is 30.8 Å². The van der Waals surface area contributed by atoms with Crippen LogP contribution in [0.5, 0.6) is 5.75 Å². The predicted octanol–water partition coefficient (Wildman–Crippen LogP) is 4.82. The minimum absolute atomic E-state index is 0.00605. The summed E-state index contributed by atoms with van der Waals surface area (Å²) in [5.74, 6) is -1.13. The minimum Gasteiger partial charge on any atom is -0.478 e. The van der Waals surface area contributed by atoms with Gasteiger partial charge in [0.2, 0.25) is 17.8 Å². The molecular weight excluding hydrogens is 873 g/mol. The Labute approximate surface area is 386 Å². The average molecular weight is 928 g/mol. The number of pyridine rings is 1. The number of nitrogens with zero attached hydrogens (tertiary/aromatic N) is 6. The van der Waals surface area contributed by atoms with Crippen LogP contribution in [0.15, 0.2) is 47.4 Å². The van der Waals surface area contributed by atoms with Gasteiger partial charge in [0.15, 0.2) is 18.2 Å². The number of aromatic nitrogens is 3. The van der Waals surface area contributed by atoms with E-state index in [1.807, 2.05) is 32.0 Å². The number of halogens is 2. The average Bonchev–Trinajstić information content (AvgIpc) is 3.63. The molecule has 4 amide bonds. The summed E-state index contributed by atoms with van der Waals surface area (Å²) < 4.78 is 36.1. The molecule has 1 aliphatic carbocycles. The van der Waals surface area contributed by atoms with E-state index >= 15 is 4.39 Å². The Kier molecular flexibility index (Phi) is 13.0. The topological polar surface area (TPSA) is 190 Å². The number of hydrogen-bond donors (Lipinski definition) is 3. The molecule has 4 aromatic rings. The second-order valence-electron chi connectivity index (χ2n) is 18.1. The van der Waals surface area contributed by atoms with Gasteiger partial charge >= 0.3 is 0 Å². The van der Waals surface area contributed by atoms with Gasteiger partial charge in [0, 0.05) is 80.4 Å². The number of hydrogen-bond acceptors (Lipinski definition) is 13. The number of ether oxygens (including phenoxy) is 3. The molecule has 3 saturated heterocycles. The van der Waals surface area contributed by atoms with Crippen molar-refractivity contribution in [2.45, 2.75) is 108 Å². The number of nitrogens with one attached hydrogen (secondary N) is 3. The molecule has 1 unspecified atom stereocenters. The number of fused-ring (bicyclic) bond motifs is 2. The number of carbonyl (C=O) groups excluding carboxylic acids is 4. The zero-order valence-electron chi connectivity index (χ0n) is 37.5. The number of methoxy groups -OCH3 is 1. The Morgan fingerprint density at radius 1 is 1.02 bits per heavy atom. The highest BCUT2D eigenvalue weighted by Crippen LogP contribution is 2.40. The molecule has 19 heteroatoms. The number of piperidine rings is 3. The quantitative estimate of drug-likeness (QED) is 0.155. The first-order valence-electron chi connectivity index (χ1n) is 22.8. The minimum atomic E-state index is -0.800. The summed E-state index contributed by atoms with van der Waals surface area (Å²) in [6, 6.07) is 10.0. The third-order valence-electron chi connectivity index (χ3n) is 13.8. The molecule has 4 aliphatic heterocycles. The van der Waals surface area contributed by atoms with E-state index in [1.54, 1.807) is 36.1 Å². The van der Waals surface area contributed by atoms with E-state index in [9.17, 15) is 24.0 Å². The lowest BCUT2D eigenvalue weighted by Crippen LogP contribution is -2.55. The molecular formula is C47H55ClFN9O8. The third kappa shape index (κ3) is 8.95. The number of likely N-dealkylation sites (tertiary alicyclic amines) is 1. The maximum Gasteiger partial charge on any atom is 0.293 e. The molecule has 3 N–H and O–H groups in total. The van der Waals surface area contributed by atoms with Gasteiger partial charge in [0.1, 0.15) is 16.9 Å². The highest BCUT2D eigenvalue weighted by Gasteiger charge is 2.44. The number of carbonyl (C=O) groups is 4. The second-order valence-corrected chi connectivity index (χ2v) is 18.5. The molecule has 17 nitrogen and oxygen atoms in total. The molecule has 4 fully saturated rings. The highest BCUT2D eigenvalue weighted by molar-refractivity contribution is 6.33. The zero-order valence-corrected chi connectivity index (χ0v) is 38.2. The van der Waals surface area contributed by atoms with Crippen LogP contribution in [-0.2, 0) is 30.4 Å². The van der Waals surface area contributed by atoms with Gasteiger partial charge in [-0.25, -0.2) is 9.37 Å². The lowest BCUT2D eigenvalue weighted by Gasteiger charge is -2.48. The van der Waals surface area contributed by atoms with Crippen LogP contribution in [0.1, 0.15) is 92.2 Å². The normalized spacial score (nSPS) is 23.8. The fourth-order valence-corrected chi connectivity index (χ4v) is 10.3. The summed E-state index contributed by atoms with van der Waals surface area (Å²) in [6.45, 7) is 6.42. The fourth-order valence-electron chi connectivity index (χ4n) is 10.2. The Morgan fingerprint density at radius 3 is 2.53 bits per heavy atom. The van der Waals surface area contributed by atoms with Crippen LogP contribution in [0.2, 0.25) is 5.02 Å². The first-order valence-corrected chi connectivity index (χ1v) is 23.1. The summed E-state index contributed by atoms with van der Waals surface area (Å²) in [4.78, 5) is 77.9. The molecule has 3 atom stereocenters. The largest absolute Gasteiger partial charge is 0.478 e. The van der Waals surface area contributed by atoms with Gasteiger partial charge in [-0.3, -0.25) is 34.2 Å². The number of benzene rings is 2. The molecule has 5 aliphatic rings. The van der Waals surface area contributed by atoms with Crippen molar-refractivity contribution in [1.29, 1.82) is 0 Å². The van der Waals surface area contributed by atoms with Crippen molar-refractivity contribution in [3.05, 3.63) is 80.5 Å². The van der Waals surface area contributed by atoms with Crippen molar-refractivity contribution >= 4 is 63.6 Å². The number of likely N-dealkylation sites (N-methyl/N-ethyl adjacent to an activating group) is 1. The van der Waals surface area contributed by atoms with Gasteiger partial charge in [-0.1, -0.05) is 17.7 Å². The molecule has 1 saturated carbocycles. The number of amides is 4. The van der Waals surface area contributed by atoms with Crippen LogP contribution in [0.25, 0.3) is 10.9 Å². The Bertz CT molecular complexity index is 2620. The van der Waals surface area contributed by atoms with Crippen LogP contribution < -0.4 is 31.1 Å². The number of imide groups is 1. The Morgan fingerprint density at radius 2 is 1.80 bits per heavy atom. The van der Waals surface area contributed by atoms with Gasteiger partial charge in [0.25, 0.3) is 17.4 Å². The highest BCUT2D eigenvalue weighted by atomic mass is 35.5. The lowest BCUT2D eigenvalue weighted by molar-refractivity contribution is -0.137. The van der Waals surface area contributed by atoms with E-state index in [2.05, 4.69) is 30.7 Å².